The normalized spacial score (nSPS) is 22.4. The van der Waals surface area contributed by atoms with E-state index in [-0.39, 0.29) is 0 Å². The molecule has 3 unspecified atom stereocenters. The van der Waals surface area contributed by atoms with Crippen LogP contribution in [0.4, 0.5) is 0 Å². The molecular weight excluding hydrogens is 346 g/mol. The fourth-order valence-corrected chi connectivity index (χ4v) is 4.81. The van der Waals surface area contributed by atoms with Gasteiger partial charge in [0.1, 0.15) is 12.4 Å². The van der Waals surface area contributed by atoms with E-state index in [9.17, 15) is 4.21 Å². The molecule has 1 aromatic heterocycles. The van der Waals surface area contributed by atoms with Crippen molar-refractivity contribution < 1.29 is 4.21 Å². The van der Waals surface area contributed by atoms with E-state index in [0.29, 0.717) is 23.8 Å². The Hall–Kier alpha value is -1.37. The van der Waals surface area contributed by atoms with Crippen molar-refractivity contribution in [1.82, 2.24) is 20.2 Å². The third-order valence-corrected chi connectivity index (χ3v) is 6.45. The SMILES string of the molecule is CCNC(=NCc1nccn1CC(C)C)NC1CCCC(S(=O)CC)C1. The Morgan fingerprint density at radius 3 is 2.92 bits per heavy atom. The van der Waals surface area contributed by atoms with Crippen LogP contribution in [0.3, 0.4) is 0 Å². The minimum absolute atomic E-state index is 0.319. The molecule has 2 rings (SSSR count). The molecule has 3 atom stereocenters. The van der Waals surface area contributed by atoms with Crippen molar-refractivity contribution in [3.05, 3.63) is 18.2 Å². The van der Waals surface area contributed by atoms with E-state index in [1.807, 2.05) is 19.3 Å². The average Bonchev–Trinajstić information content (AvgIpc) is 3.05. The molecule has 0 aliphatic heterocycles. The Kier molecular flexibility index (Phi) is 8.62. The van der Waals surface area contributed by atoms with Crippen LogP contribution in [-0.2, 0) is 23.9 Å². The van der Waals surface area contributed by atoms with Crippen molar-refractivity contribution in [3.63, 3.8) is 0 Å². The van der Waals surface area contributed by atoms with Crippen molar-refractivity contribution in [2.75, 3.05) is 12.3 Å². The molecule has 1 fully saturated rings. The molecule has 6 nitrogen and oxygen atoms in total. The van der Waals surface area contributed by atoms with Crippen LogP contribution in [0.25, 0.3) is 0 Å². The summed E-state index contributed by atoms with van der Waals surface area (Å²) in [5.41, 5.74) is 0. The highest BCUT2D eigenvalue weighted by Crippen LogP contribution is 2.23. The molecule has 0 saturated heterocycles. The average molecular weight is 382 g/mol. The molecule has 0 spiro atoms. The summed E-state index contributed by atoms with van der Waals surface area (Å²) in [4.78, 5) is 9.20. The fourth-order valence-electron chi connectivity index (χ4n) is 3.46. The zero-order valence-electron chi connectivity index (χ0n) is 16.7. The molecule has 0 amide bonds. The van der Waals surface area contributed by atoms with Gasteiger partial charge in [-0.05, 0) is 32.1 Å². The molecule has 2 N–H and O–H groups in total. The molecule has 26 heavy (non-hydrogen) atoms. The van der Waals surface area contributed by atoms with Gasteiger partial charge in [-0.15, -0.1) is 0 Å². The Balaban J connectivity index is 1.98. The van der Waals surface area contributed by atoms with E-state index >= 15 is 0 Å². The van der Waals surface area contributed by atoms with Crippen LogP contribution >= 0.6 is 0 Å². The Morgan fingerprint density at radius 2 is 2.23 bits per heavy atom. The van der Waals surface area contributed by atoms with Gasteiger partial charge in [-0.3, -0.25) is 4.21 Å². The van der Waals surface area contributed by atoms with E-state index in [0.717, 1.165) is 56.3 Å². The van der Waals surface area contributed by atoms with Gasteiger partial charge in [-0.25, -0.2) is 9.98 Å². The lowest BCUT2D eigenvalue weighted by atomic mass is 9.95. The first-order chi connectivity index (χ1) is 12.5. The highest BCUT2D eigenvalue weighted by Gasteiger charge is 2.26. The van der Waals surface area contributed by atoms with Crippen LogP contribution in [0.1, 0.15) is 59.2 Å². The summed E-state index contributed by atoms with van der Waals surface area (Å²) in [6.07, 6.45) is 8.16. The molecule has 7 heteroatoms. The molecule has 0 aromatic carbocycles. The monoisotopic (exact) mass is 381 g/mol. The van der Waals surface area contributed by atoms with Gasteiger partial charge in [0.15, 0.2) is 5.96 Å². The molecule has 1 aromatic rings. The summed E-state index contributed by atoms with van der Waals surface area (Å²) in [5, 5.41) is 7.21. The number of aromatic nitrogens is 2. The molecule has 1 aliphatic rings. The van der Waals surface area contributed by atoms with Crippen molar-refractivity contribution in [3.8, 4) is 0 Å². The van der Waals surface area contributed by atoms with Crippen molar-refractivity contribution in [1.29, 1.82) is 0 Å². The van der Waals surface area contributed by atoms with Gasteiger partial charge >= 0.3 is 0 Å². The van der Waals surface area contributed by atoms with Crippen molar-refractivity contribution in [2.24, 2.45) is 10.9 Å². The maximum atomic E-state index is 12.2. The minimum atomic E-state index is -0.703. The van der Waals surface area contributed by atoms with E-state index in [1.165, 1.54) is 0 Å². The van der Waals surface area contributed by atoms with Crippen LogP contribution in [0.15, 0.2) is 17.4 Å². The number of guanidine groups is 1. The predicted octanol–water partition coefficient (Wildman–Crippen LogP) is 2.67. The maximum Gasteiger partial charge on any atom is 0.191 e. The van der Waals surface area contributed by atoms with Gasteiger partial charge in [-0.2, -0.15) is 0 Å². The number of rotatable bonds is 8. The lowest BCUT2D eigenvalue weighted by molar-refractivity contribution is 0.413. The number of nitrogens with zero attached hydrogens (tertiary/aromatic N) is 3. The quantitative estimate of drug-likeness (QED) is 0.536. The first-order valence-corrected chi connectivity index (χ1v) is 11.3. The van der Waals surface area contributed by atoms with E-state index in [4.69, 9.17) is 4.99 Å². The summed E-state index contributed by atoms with van der Waals surface area (Å²) in [6.45, 7) is 10.8. The van der Waals surface area contributed by atoms with Crippen molar-refractivity contribution in [2.45, 2.75) is 77.8 Å². The summed E-state index contributed by atoms with van der Waals surface area (Å²) in [6, 6.07) is 0.345. The van der Waals surface area contributed by atoms with Crippen LogP contribution in [0, 0.1) is 5.92 Å². The second kappa shape index (κ2) is 10.7. The van der Waals surface area contributed by atoms with Crippen LogP contribution in [0.2, 0.25) is 0 Å². The summed E-state index contributed by atoms with van der Waals surface area (Å²) in [7, 11) is -0.703. The Morgan fingerprint density at radius 1 is 1.42 bits per heavy atom. The molecule has 148 valence electrons. The fraction of sp³-hybridized carbons (Fsp3) is 0.789. The summed E-state index contributed by atoms with van der Waals surface area (Å²) in [5.74, 6) is 3.16. The smallest absolute Gasteiger partial charge is 0.191 e. The third kappa shape index (κ3) is 6.41. The molecule has 0 radical (unpaired) electrons. The lowest BCUT2D eigenvalue weighted by Gasteiger charge is -2.30. The molecule has 1 saturated carbocycles. The van der Waals surface area contributed by atoms with E-state index in [1.54, 1.807) is 0 Å². The highest BCUT2D eigenvalue weighted by molar-refractivity contribution is 7.85. The third-order valence-electron chi connectivity index (χ3n) is 4.71. The zero-order valence-corrected chi connectivity index (χ0v) is 17.5. The number of hydrogen-bond donors (Lipinski definition) is 2. The lowest BCUT2D eigenvalue weighted by Crippen LogP contribution is -2.46. The standard InChI is InChI=1S/C19H35N5OS/c1-5-20-19(22-13-18-21-10-11-24(18)14-15(3)4)23-16-8-7-9-17(12-16)26(25)6-2/h10-11,15-17H,5-9,12-14H2,1-4H3,(H2,20,22,23). The maximum absolute atomic E-state index is 12.2. The number of hydrogen-bond acceptors (Lipinski definition) is 3. The topological polar surface area (TPSA) is 71.3 Å². The Bertz CT molecular complexity index is 599. The van der Waals surface area contributed by atoms with Gasteiger partial charge in [0.2, 0.25) is 0 Å². The molecular formula is C19H35N5OS. The predicted molar refractivity (Wildman–Crippen MR) is 110 cm³/mol. The second-order valence-corrected chi connectivity index (χ2v) is 9.39. The van der Waals surface area contributed by atoms with Crippen LogP contribution in [0.5, 0.6) is 0 Å². The van der Waals surface area contributed by atoms with E-state index in [2.05, 4.69) is 41.0 Å². The van der Waals surface area contributed by atoms with Gasteiger partial charge in [-0.1, -0.05) is 27.2 Å². The largest absolute Gasteiger partial charge is 0.357 e. The molecule has 0 bridgehead atoms. The van der Waals surface area contributed by atoms with Gasteiger partial charge < -0.3 is 15.2 Å². The van der Waals surface area contributed by atoms with Crippen LogP contribution < -0.4 is 10.6 Å². The molecule has 1 aliphatic carbocycles. The van der Waals surface area contributed by atoms with Gasteiger partial charge in [0, 0.05) is 53.3 Å². The number of imidazole rings is 1. The van der Waals surface area contributed by atoms with Crippen molar-refractivity contribution >= 4 is 16.8 Å². The van der Waals surface area contributed by atoms with E-state index < -0.39 is 10.8 Å². The summed E-state index contributed by atoms with van der Waals surface area (Å²) >= 11 is 0. The molecule has 1 heterocycles. The Labute approximate surface area is 160 Å². The highest BCUT2D eigenvalue weighted by atomic mass is 32.2. The number of aliphatic imine (C=N–C) groups is 1. The number of nitrogens with one attached hydrogen (secondary N) is 2. The summed E-state index contributed by atoms with van der Waals surface area (Å²) < 4.78 is 14.3. The first-order valence-electron chi connectivity index (χ1n) is 9.95. The van der Waals surface area contributed by atoms with Crippen LogP contribution in [-0.4, -0.2) is 43.3 Å². The first kappa shape index (κ1) is 20.9. The minimum Gasteiger partial charge on any atom is -0.357 e. The van der Waals surface area contributed by atoms with Gasteiger partial charge in [0.05, 0.1) is 0 Å². The van der Waals surface area contributed by atoms with Gasteiger partial charge in [0.25, 0.3) is 0 Å². The zero-order chi connectivity index (χ0) is 18.9. The second-order valence-electron chi connectivity index (χ2n) is 7.38.